The van der Waals surface area contributed by atoms with E-state index in [0.717, 1.165) is 12.0 Å². The van der Waals surface area contributed by atoms with Gasteiger partial charge in [-0.2, -0.15) is 0 Å². The molecule has 0 radical (unpaired) electrons. The predicted octanol–water partition coefficient (Wildman–Crippen LogP) is 2.96. The second kappa shape index (κ2) is 7.04. The maximum Gasteiger partial charge on any atom is 0.319 e. The lowest BCUT2D eigenvalue weighted by Gasteiger charge is -2.07. The predicted molar refractivity (Wildman–Crippen MR) is 80.3 cm³/mol. The minimum absolute atomic E-state index is 0.00923. The first kappa shape index (κ1) is 14.5. The summed E-state index contributed by atoms with van der Waals surface area (Å²) in [5, 5.41) is 15.9. The molecule has 21 heavy (non-hydrogen) atoms. The number of anilines is 1. The molecule has 0 aliphatic rings. The van der Waals surface area contributed by atoms with Crippen LogP contribution in [0.5, 0.6) is 0 Å². The summed E-state index contributed by atoms with van der Waals surface area (Å²) in [5.41, 5.74) is 1.65. The van der Waals surface area contributed by atoms with Gasteiger partial charge in [0.25, 0.3) is 5.69 Å². The zero-order valence-electron chi connectivity index (χ0n) is 11.3. The van der Waals surface area contributed by atoms with Crippen LogP contribution in [0.15, 0.2) is 54.6 Å². The molecule has 0 aromatic heterocycles. The van der Waals surface area contributed by atoms with Crippen molar-refractivity contribution in [3.63, 3.8) is 0 Å². The number of hydrogen-bond donors (Lipinski definition) is 2. The van der Waals surface area contributed by atoms with Crippen molar-refractivity contribution in [3.8, 4) is 0 Å². The number of hydrogen-bond acceptors (Lipinski definition) is 3. The summed E-state index contributed by atoms with van der Waals surface area (Å²) in [6.07, 6.45) is 0.745. The third-order valence-electron chi connectivity index (χ3n) is 2.88. The second-order valence-electron chi connectivity index (χ2n) is 4.42. The molecule has 2 aromatic carbocycles. The summed E-state index contributed by atoms with van der Waals surface area (Å²) >= 11 is 0. The highest BCUT2D eigenvalue weighted by Crippen LogP contribution is 2.15. The number of nitrogens with one attached hydrogen (secondary N) is 2. The average molecular weight is 285 g/mol. The van der Waals surface area contributed by atoms with E-state index in [1.807, 2.05) is 30.3 Å². The summed E-state index contributed by atoms with van der Waals surface area (Å²) in [5.74, 6) is 0. The largest absolute Gasteiger partial charge is 0.338 e. The van der Waals surface area contributed by atoms with E-state index in [4.69, 9.17) is 0 Å². The van der Waals surface area contributed by atoms with E-state index in [0.29, 0.717) is 12.2 Å². The van der Waals surface area contributed by atoms with Crippen LogP contribution in [-0.2, 0) is 6.42 Å². The Bertz CT molecular complexity index is 612. The van der Waals surface area contributed by atoms with Gasteiger partial charge < -0.3 is 10.6 Å². The molecule has 0 spiro atoms. The number of benzene rings is 2. The Hall–Kier alpha value is -2.89. The molecular weight excluding hydrogens is 270 g/mol. The Morgan fingerprint density at radius 2 is 1.71 bits per heavy atom. The Morgan fingerprint density at radius 3 is 2.33 bits per heavy atom. The first-order valence-corrected chi connectivity index (χ1v) is 6.48. The molecule has 0 heterocycles. The number of non-ortho nitro benzene ring substituents is 1. The summed E-state index contributed by atoms with van der Waals surface area (Å²) in [7, 11) is 0. The lowest BCUT2D eigenvalue weighted by molar-refractivity contribution is -0.384. The number of carbonyl (C=O) groups excluding carboxylic acids is 1. The summed E-state index contributed by atoms with van der Waals surface area (Å²) in [6, 6.07) is 15.2. The van der Waals surface area contributed by atoms with E-state index in [1.54, 1.807) is 0 Å². The molecule has 0 bridgehead atoms. The number of carbonyl (C=O) groups is 1. The maximum atomic E-state index is 11.7. The lowest BCUT2D eigenvalue weighted by Crippen LogP contribution is -2.30. The SMILES string of the molecule is O=C(NCCc1ccccc1)Nc1ccc([N+](=O)[O-])cc1. The first-order valence-electron chi connectivity index (χ1n) is 6.48. The van der Waals surface area contributed by atoms with Crippen molar-refractivity contribution in [2.75, 3.05) is 11.9 Å². The van der Waals surface area contributed by atoms with Crippen LogP contribution < -0.4 is 10.6 Å². The van der Waals surface area contributed by atoms with Crippen molar-refractivity contribution in [2.45, 2.75) is 6.42 Å². The van der Waals surface area contributed by atoms with Crippen molar-refractivity contribution in [1.29, 1.82) is 0 Å². The van der Waals surface area contributed by atoms with Crippen molar-refractivity contribution in [1.82, 2.24) is 5.32 Å². The number of urea groups is 1. The van der Waals surface area contributed by atoms with Gasteiger partial charge in [0, 0.05) is 24.4 Å². The first-order chi connectivity index (χ1) is 10.1. The third-order valence-corrected chi connectivity index (χ3v) is 2.88. The molecule has 2 rings (SSSR count). The molecule has 0 aliphatic carbocycles. The molecule has 0 saturated heterocycles. The molecule has 2 aromatic rings. The number of rotatable bonds is 5. The number of nitro benzene ring substituents is 1. The fourth-order valence-corrected chi connectivity index (χ4v) is 1.81. The van der Waals surface area contributed by atoms with Crippen LogP contribution in [0.4, 0.5) is 16.2 Å². The molecule has 2 amide bonds. The third kappa shape index (κ3) is 4.61. The molecule has 0 aliphatic heterocycles. The van der Waals surface area contributed by atoms with E-state index in [9.17, 15) is 14.9 Å². The van der Waals surface area contributed by atoms with E-state index in [-0.39, 0.29) is 11.7 Å². The molecule has 0 atom stereocenters. The van der Waals surface area contributed by atoms with E-state index in [2.05, 4.69) is 10.6 Å². The Kier molecular flexibility index (Phi) is 4.87. The van der Waals surface area contributed by atoms with Gasteiger partial charge in [0.2, 0.25) is 0 Å². The molecule has 0 saturated carbocycles. The molecular formula is C15H15N3O3. The van der Waals surface area contributed by atoms with E-state index in [1.165, 1.54) is 24.3 Å². The molecule has 6 nitrogen and oxygen atoms in total. The van der Waals surface area contributed by atoms with Crippen LogP contribution in [0.1, 0.15) is 5.56 Å². The topological polar surface area (TPSA) is 84.3 Å². The van der Waals surface area contributed by atoms with Gasteiger partial charge in [-0.25, -0.2) is 4.79 Å². The van der Waals surface area contributed by atoms with Gasteiger partial charge in [-0.05, 0) is 24.1 Å². The smallest absolute Gasteiger partial charge is 0.319 e. The maximum absolute atomic E-state index is 11.7. The van der Waals surface area contributed by atoms with Crippen molar-refractivity contribution in [3.05, 3.63) is 70.3 Å². The van der Waals surface area contributed by atoms with Crippen molar-refractivity contribution >= 4 is 17.4 Å². The highest BCUT2D eigenvalue weighted by molar-refractivity contribution is 5.89. The lowest BCUT2D eigenvalue weighted by atomic mass is 10.1. The summed E-state index contributed by atoms with van der Waals surface area (Å²) in [4.78, 5) is 21.7. The van der Waals surface area contributed by atoms with Gasteiger partial charge in [-0.3, -0.25) is 10.1 Å². The minimum atomic E-state index is -0.482. The van der Waals surface area contributed by atoms with Gasteiger partial charge in [0.1, 0.15) is 0 Å². The van der Waals surface area contributed by atoms with Crippen LogP contribution in [0.25, 0.3) is 0 Å². The molecule has 0 unspecified atom stereocenters. The second-order valence-corrected chi connectivity index (χ2v) is 4.42. The van der Waals surface area contributed by atoms with E-state index < -0.39 is 4.92 Å². The zero-order chi connectivity index (χ0) is 15.1. The van der Waals surface area contributed by atoms with Gasteiger partial charge >= 0.3 is 6.03 Å². The zero-order valence-corrected chi connectivity index (χ0v) is 11.3. The monoisotopic (exact) mass is 285 g/mol. The number of nitro groups is 1. The van der Waals surface area contributed by atoms with Gasteiger partial charge in [-0.15, -0.1) is 0 Å². The van der Waals surface area contributed by atoms with Gasteiger partial charge in [0.15, 0.2) is 0 Å². The van der Waals surface area contributed by atoms with Crippen LogP contribution in [-0.4, -0.2) is 17.5 Å². The Labute approximate surface area is 121 Å². The molecule has 108 valence electrons. The highest BCUT2D eigenvalue weighted by Gasteiger charge is 2.05. The normalized spacial score (nSPS) is 9.90. The highest BCUT2D eigenvalue weighted by atomic mass is 16.6. The van der Waals surface area contributed by atoms with Crippen molar-refractivity contribution in [2.24, 2.45) is 0 Å². The Morgan fingerprint density at radius 1 is 1.05 bits per heavy atom. The molecule has 2 N–H and O–H groups in total. The summed E-state index contributed by atoms with van der Waals surface area (Å²) < 4.78 is 0. The van der Waals surface area contributed by atoms with Crippen LogP contribution in [0.3, 0.4) is 0 Å². The van der Waals surface area contributed by atoms with Gasteiger partial charge in [0.05, 0.1) is 4.92 Å². The number of nitrogens with zero attached hydrogens (tertiary/aromatic N) is 1. The summed E-state index contributed by atoms with van der Waals surface area (Å²) in [6.45, 7) is 0.517. The minimum Gasteiger partial charge on any atom is -0.338 e. The Balaban J connectivity index is 1.78. The molecule has 0 fully saturated rings. The standard InChI is InChI=1S/C15H15N3O3/c19-15(16-11-10-12-4-2-1-3-5-12)17-13-6-8-14(9-7-13)18(20)21/h1-9H,10-11H2,(H2,16,17,19). The van der Waals surface area contributed by atoms with Crippen LogP contribution in [0, 0.1) is 10.1 Å². The fourth-order valence-electron chi connectivity index (χ4n) is 1.81. The number of amides is 2. The van der Waals surface area contributed by atoms with E-state index >= 15 is 0 Å². The average Bonchev–Trinajstić information content (AvgIpc) is 2.49. The van der Waals surface area contributed by atoms with Crippen LogP contribution >= 0.6 is 0 Å². The fraction of sp³-hybridized carbons (Fsp3) is 0.133. The van der Waals surface area contributed by atoms with Crippen LogP contribution in [0.2, 0.25) is 0 Å². The molecule has 6 heteroatoms. The quantitative estimate of drug-likeness (QED) is 0.654. The van der Waals surface area contributed by atoms with Crippen molar-refractivity contribution < 1.29 is 9.72 Å². The van der Waals surface area contributed by atoms with Gasteiger partial charge in [-0.1, -0.05) is 30.3 Å².